The first-order valence-corrected chi connectivity index (χ1v) is 21.6. The number of benzene rings is 2. The van der Waals surface area contributed by atoms with E-state index in [4.69, 9.17) is 64.1 Å². The van der Waals surface area contributed by atoms with Crippen LogP contribution in [0.5, 0.6) is 11.5 Å². The number of ether oxygens (including phenoxy) is 10. The molecular formula is C38H52O18S2. The van der Waals surface area contributed by atoms with Crippen LogP contribution in [0.4, 0.5) is 0 Å². The van der Waals surface area contributed by atoms with Crippen molar-refractivity contribution >= 4 is 20.8 Å². The molecule has 6 saturated heterocycles. The summed E-state index contributed by atoms with van der Waals surface area (Å²) < 4.78 is 128. The summed E-state index contributed by atoms with van der Waals surface area (Å²) in [4.78, 5) is 0. The van der Waals surface area contributed by atoms with Gasteiger partial charge in [0.25, 0.3) is 0 Å². The number of fused-ring (bicyclic) bond motifs is 6. The topological polar surface area (TPSA) is 197 Å². The Morgan fingerprint density at radius 3 is 1.09 bits per heavy atom. The number of hydrogen-bond acceptors (Lipinski definition) is 18. The van der Waals surface area contributed by atoms with Gasteiger partial charge in [-0.25, -0.2) is 8.37 Å². The van der Waals surface area contributed by atoms with Crippen molar-refractivity contribution in [3.8, 4) is 11.5 Å². The van der Waals surface area contributed by atoms with Crippen molar-refractivity contribution in [3.05, 3.63) is 59.7 Å². The first-order chi connectivity index (χ1) is 26.9. The lowest BCUT2D eigenvalue weighted by atomic mass is 9.99. The molecule has 0 bridgehead atoms. The van der Waals surface area contributed by atoms with Crippen molar-refractivity contribution < 1.29 is 80.9 Å². The van der Waals surface area contributed by atoms with Crippen LogP contribution >= 0.6 is 0 Å². The summed E-state index contributed by atoms with van der Waals surface area (Å²) in [6.07, 6.45) is -6.08. The smallest absolute Gasteiger partial charge is 0.362 e. The highest BCUT2D eigenvalue weighted by Gasteiger charge is 2.62. The maximum Gasteiger partial charge on any atom is 0.449 e. The molecule has 0 amide bonds. The lowest BCUT2D eigenvalue weighted by Gasteiger charge is -2.36. The van der Waals surface area contributed by atoms with Crippen LogP contribution in [0.1, 0.15) is 66.5 Å². The Morgan fingerprint density at radius 1 is 0.448 bits per heavy atom. The molecular weight excluding hydrogens is 809 g/mol. The molecule has 0 radical (unpaired) electrons. The lowest BCUT2D eigenvalue weighted by molar-refractivity contribution is -0.238. The molecule has 0 aliphatic carbocycles. The van der Waals surface area contributed by atoms with E-state index in [9.17, 15) is 16.8 Å². The van der Waals surface area contributed by atoms with Gasteiger partial charge >= 0.3 is 20.8 Å². The van der Waals surface area contributed by atoms with Gasteiger partial charge in [-0.2, -0.15) is 16.8 Å². The van der Waals surface area contributed by atoms with E-state index in [0.717, 1.165) is 11.1 Å². The minimum Gasteiger partial charge on any atom is -0.362 e. The molecule has 6 heterocycles. The van der Waals surface area contributed by atoms with Crippen LogP contribution in [-0.2, 0) is 76.5 Å². The summed E-state index contributed by atoms with van der Waals surface area (Å²) in [6.45, 7) is 17.3. The van der Waals surface area contributed by atoms with Crippen molar-refractivity contribution in [2.75, 3.05) is 13.2 Å². The molecule has 2 aromatic carbocycles. The van der Waals surface area contributed by atoms with Crippen LogP contribution < -0.4 is 8.37 Å². The van der Waals surface area contributed by atoms with Crippen LogP contribution in [-0.4, -0.2) is 115 Å². The molecule has 18 nitrogen and oxygen atoms in total. The fraction of sp³-hybridized carbons (Fsp3) is 0.684. The predicted octanol–water partition coefficient (Wildman–Crippen LogP) is 4.06. The molecule has 6 aliphatic heterocycles. The number of aryl methyl sites for hydroxylation is 2. The van der Waals surface area contributed by atoms with Crippen molar-refractivity contribution in [3.63, 3.8) is 0 Å². The van der Waals surface area contributed by atoms with Crippen LogP contribution in [0, 0.1) is 13.8 Å². The van der Waals surface area contributed by atoms with Crippen LogP contribution in [0.2, 0.25) is 0 Å². The van der Waals surface area contributed by atoms with E-state index in [2.05, 4.69) is 0 Å². The van der Waals surface area contributed by atoms with Crippen molar-refractivity contribution in [2.45, 2.75) is 154 Å². The third-order valence-corrected chi connectivity index (χ3v) is 11.3. The quantitative estimate of drug-likeness (QED) is 0.331. The van der Waals surface area contributed by atoms with Gasteiger partial charge in [0, 0.05) is 0 Å². The van der Waals surface area contributed by atoms with E-state index in [-0.39, 0.29) is 24.7 Å². The highest BCUT2D eigenvalue weighted by Crippen LogP contribution is 2.46. The summed E-state index contributed by atoms with van der Waals surface area (Å²) >= 11 is 0. The first-order valence-electron chi connectivity index (χ1n) is 18.9. The standard InChI is InChI=1S/2C19H26O9S/c2*1-11-6-8-12(9-7-11)28-29(20,21)22-10-13-14-15(25-18(2,3)24-14)16-17(23-13)27-19(4,5)26-16/h2*6-9,13-17H,10H2,1-5H3/t2*13?,14-,15?,16-,17+/m00/s1. The van der Waals surface area contributed by atoms with Gasteiger partial charge in [0.2, 0.25) is 0 Å². The zero-order valence-electron chi connectivity index (χ0n) is 34.0. The average molecular weight is 861 g/mol. The normalized spacial score (nSPS) is 35.1. The molecule has 0 spiro atoms. The summed E-state index contributed by atoms with van der Waals surface area (Å²) in [5.41, 5.74) is 1.96. The number of hydrogen-bond donors (Lipinski definition) is 0. The monoisotopic (exact) mass is 860 g/mol. The van der Waals surface area contributed by atoms with Gasteiger partial charge < -0.3 is 55.7 Å². The largest absolute Gasteiger partial charge is 0.449 e. The Bertz CT molecular complexity index is 1840. The molecule has 10 atom stereocenters. The molecule has 58 heavy (non-hydrogen) atoms. The van der Waals surface area contributed by atoms with Crippen LogP contribution in [0.25, 0.3) is 0 Å². The van der Waals surface area contributed by atoms with Gasteiger partial charge in [0.15, 0.2) is 35.7 Å². The Labute approximate surface area is 339 Å². The average Bonchev–Trinajstić information content (AvgIpc) is 3.81. The van der Waals surface area contributed by atoms with Crippen molar-refractivity contribution in [1.82, 2.24) is 0 Å². The van der Waals surface area contributed by atoms with Crippen LogP contribution in [0.15, 0.2) is 48.5 Å². The summed E-state index contributed by atoms with van der Waals surface area (Å²) in [7, 11) is -8.60. The Morgan fingerprint density at radius 2 is 0.741 bits per heavy atom. The molecule has 2 aromatic rings. The highest BCUT2D eigenvalue weighted by atomic mass is 32.3. The van der Waals surface area contributed by atoms with E-state index in [0.29, 0.717) is 0 Å². The summed E-state index contributed by atoms with van der Waals surface area (Å²) in [6, 6.07) is 13.2. The third kappa shape index (κ3) is 10.3. The molecule has 324 valence electrons. The maximum atomic E-state index is 12.2. The zero-order valence-corrected chi connectivity index (χ0v) is 35.6. The van der Waals surface area contributed by atoms with E-state index >= 15 is 0 Å². The SMILES string of the molecule is Cc1ccc(OS(=O)(=O)OCC2O[C@@H]3OC(C)(C)O[C@H]3C3OC(C)(C)O[C@@H]23)cc1.Cc1ccc(OS(=O)(=O)OCC2O[C@@H]3OC(C)(C)O[C@H]3C3OC(C)(C)O[C@@H]23)cc1. The second-order valence-corrected chi connectivity index (χ2v) is 19.0. The zero-order chi connectivity index (χ0) is 42.1. The summed E-state index contributed by atoms with van der Waals surface area (Å²) in [5, 5.41) is 0. The fourth-order valence-corrected chi connectivity index (χ4v) is 8.82. The van der Waals surface area contributed by atoms with E-state index < -0.39 is 105 Å². The van der Waals surface area contributed by atoms with Gasteiger partial charge in [0.05, 0.1) is 13.2 Å². The molecule has 0 saturated carbocycles. The number of rotatable bonds is 10. The van der Waals surface area contributed by atoms with E-state index in [1.165, 1.54) is 0 Å². The van der Waals surface area contributed by atoms with Gasteiger partial charge in [-0.05, 0) is 93.5 Å². The van der Waals surface area contributed by atoms with Gasteiger partial charge in [-0.3, -0.25) is 0 Å². The molecule has 4 unspecified atom stereocenters. The van der Waals surface area contributed by atoms with E-state index in [1.807, 2.05) is 13.8 Å². The Kier molecular flexibility index (Phi) is 11.8. The van der Waals surface area contributed by atoms with Crippen molar-refractivity contribution in [2.24, 2.45) is 0 Å². The Hall–Kier alpha value is -2.54. The van der Waals surface area contributed by atoms with E-state index in [1.54, 1.807) is 104 Å². The van der Waals surface area contributed by atoms with Gasteiger partial charge in [-0.15, -0.1) is 0 Å². The first kappa shape index (κ1) is 43.5. The predicted molar refractivity (Wildman–Crippen MR) is 198 cm³/mol. The van der Waals surface area contributed by atoms with Crippen molar-refractivity contribution in [1.29, 1.82) is 0 Å². The molecule has 8 rings (SSSR count). The molecule has 6 aliphatic rings. The fourth-order valence-electron chi connectivity index (χ4n) is 7.43. The molecule has 6 fully saturated rings. The Balaban J connectivity index is 0.000000177. The second-order valence-electron chi connectivity index (χ2n) is 16.6. The minimum absolute atomic E-state index is 0.161. The van der Waals surface area contributed by atoms with Gasteiger partial charge in [-0.1, -0.05) is 35.4 Å². The van der Waals surface area contributed by atoms with Gasteiger partial charge in [0.1, 0.15) is 60.3 Å². The molecule has 20 heteroatoms. The molecule has 0 N–H and O–H groups in total. The minimum atomic E-state index is -4.30. The highest BCUT2D eigenvalue weighted by molar-refractivity contribution is 7.82. The lowest BCUT2D eigenvalue weighted by Crippen LogP contribution is -2.56. The third-order valence-electron chi connectivity index (χ3n) is 9.69. The van der Waals surface area contributed by atoms with Crippen LogP contribution in [0.3, 0.4) is 0 Å². The second kappa shape index (κ2) is 15.7. The maximum absolute atomic E-state index is 12.2. The molecule has 0 aromatic heterocycles. The summed E-state index contributed by atoms with van der Waals surface area (Å²) in [5.74, 6) is -3.14.